The smallest absolute Gasteiger partial charge is 0.255 e. The average Bonchev–Trinajstić information content (AvgIpc) is 2.80. The molecule has 0 bridgehead atoms. The SMILES string of the molecule is O=C(c1cccnc1)N1CC(O)CC2(CCN(Cc3cnc4ccccc4c3)CC2)C1. The number of likely N-dealkylation sites (tertiary alicyclic amines) is 2. The summed E-state index contributed by atoms with van der Waals surface area (Å²) in [5.74, 6) is -0.0316. The fourth-order valence-electron chi connectivity index (χ4n) is 5.19. The molecular weight excluding hydrogens is 388 g/mol. The first-order valence-corrected chi connectivity index (χ1v) is 11.0. The van der Waals surface area contributed by atoms with E-state index in [1.54, 1.807) is 24.5 Å². The van der Waals surface area contributed by atoms with Gasteiger partial charge in [0, 0.05) is 43.6 Å². The summed E-state index contributed by atoms with van der Waals surface area (Å²) in [5.41, 5.74) is 2.84. The van der Waals surface area contributed by atoms with Gasteiger partial charge in [0.1, 0.15) is 0 Å². The van der Waals surface area contributed by atoms with E-state index >= 15 is 0 Å². The third-order valence-corrected chi connectivity index (χ3v) is 6.79. The monoisotopic (exact) mass is 416 g/mol. The highest BCUT2D eigenvalue weighted by molar-refractivity contribution is 5.94. The third-order valence-electron chi connectivity index (χ3n) is 6.79. The molecule has 0 saturated carbocycles. The van der Waals surface area contributed by atoms with Gasteiger partial charge in [0.25, 0.3) is 5.91 Å². The van der Waals surface area contributed by atoms with Gasteiger partial charge in [-0.15, -0.1) is 0 Å². The summed E-state index contributed by atoms with van der Waals surface area (Å²) < 4.78 is 0. The molecule has 4 heterocycles. The molecule has 0 radical (unpaired) electrons. The maximum absolute atomic E-state index is 12.9. The van der Waals surface area contributed by atoms with Crippen molar-refractivity contribution in [1.29, 1.82) is 0 Å². The van der Waals surface area contributed by atoms with Crippen molar-refractivity contribution in [2.45, 2.75) is 31.9 Å². The molecule has 2 aromatic heterocycles. The highest BCUT2D eigenvalue weighted by Crippen LogP contribution is 2.40. The Morgan fingerprint density at radius 1 is 1.13 bits per heavy atom. The van der Waals surface area contributed by atoms with Gasteiger partial charge in [-0.2, -0.15) is 0 Å². The number of pyridine rings is 2. The second kappa shape index (κ2) is 8.36. The summed E-state index contributed by atoms with van der Waals surface area (Å²) in [6, 6.07) is 14.0. The Balaban J connectivity index is 1.24. The quantitative estimate of drug-likeness (QED) is 0.711. The number of piperidine rings is 2. The van der Waals surface area contributed by atoms with Crippen LogP contribution in [0.3, 0.4) is 0 Å². The first-order valence-electron chi connectivity index (χ1n) is 11.0. The van der Waals surface area contributed by atoms with Crippen molar-refractivity contribution in [3.05, 3.63) is 72.2 Å². The predicted molar refractivity (Wildman–Crippen MR) is 119 cm³/mol. The lowest BCUT2D eigenvalue weighted by Crippen LogP contribution is -2.55. The number of hydrogen-bond donors (Lipinski definition) is 1. The van der Waals surface area contributed by atoms with E-state index in [1.165, 1.54) is 10.9 Å². The standard InChI is InChI=1S/C25H28N4O2/c30-22-13-25(18-29(17-22)24(31)21-5-3-9-26-15-21)7-10-28(11-8-25)16-19-12-20-4-1-2-6-23(20)27-14-19/h1-6,9,12,14-15,22,30H,7-8,10-11,13,16-18H2. The molecule has 3 aromatic rings. The fourth-order valence-corrected chi connectivity index (χ4v) is 5.19. The minimum Gasteiger partial charge on any atom is -0.391 e. The molecule has 6 heteroatoms. The molecule has 1 unspecified atom stereocenters. The lowest BCUT2D eigenvalue weighted by Gasteiger charge is -2.49. The van der Waals surface area contributed by atoms with E-state index in [0.29, 0.717) is 18.7 Å². The van der Waals surface area contributed by atoms with Crippen molar-refractivity contribution >= 4 is 16.8 Å². The number of benzene rings is 1. The fraction of sp³-hybridized carbons (Fsp3) is 0.400. The number of carbonyl (C=O) groups is 1. The van der Waals surface area contributed by atoms with E-state index < -0.39 is 6.10 Å². The maximum Gasteiger partial charge on any atom is 0.255 e. The first-order chi connectivity index (χ1) is 15.1. The maximum atomic E-state index is 12.9. The van der Waals surface area contributed by atoms with Crippen LogP contribution in [-0.4, -0.2) is 63.1 Å². The second-order valence-electron chi connectivity index (χ2n) is 9.10. The molecule has 31 heavy (non-hydrogen) atoms. The first kappa shape index (κ1) is 20.1. The number of amides is 1. The number of β-amino-alcohol motifs (C(OH)–C–C–N with tert-alkyl or cyclic N) is 1. The van der Waals surface area contributed by atoms with Crippen molar-refractivity contribution in [2.75, 3.05) is 26.2 Å². The van der Waals surface area contributed by atoms with Crippen LogP contribution in [0.5, 0.6) is 0 Å². The predicted octanol–water partition coefficient (Wildman–Crippen LogP) is 3.12. The second-order valence-corrected chi connectivity index (χ2v) is 9.10. The minimum absolute atomic E-state index is 0.00628. The molecular formula is C25H28N4O2. The Morgan fingerprint density at radius 2 is 1.97 bits per heavy atom. The number of rotatable bonds is 3. The zero-order valence-corrected chi connectivity index (χ0v) is 17.7. The van der Waals surface area contributed by atoms with Crippen LogP contribution < -0.4 is 0 Å². The van der Waals surface area contributed by atoms with Crippen molar-refractivity contribution in [3.8, 4) is 0 Å². The highest BCUT2D eigenvalue weighted by Gasteiger charge is 2.42. The van der Waals surface area contributed by atoms with Crippen molar-refractivity contribution in [2.24, 2.45) is 5.41 Å². The van der Waals surface area contributed by atoms with Gasteiger partial charge < -0.3 is 10.0 Å². The number of aromatic nitrogens is 2. The summed E-state index contributed by atoms with van der Waals surface area (Å²) in [6.45, 7) is 3.93. The van der Waals surface area contributed by atoms with Crippen LogP contribution in [0.1, 0.15) is 35.2 Å². The Kier molecular flexibility index (Phi) is 5.42. The molecule has 160 valence electrons. The van der Waals surface area contributed by atoms with Crippen molar-refractivity contribution < 1.29 is 9.90 Å². The third kappa shape index (κ3) is 4.31. The van der Waals surface area contributed by atoms with Crippen molar-refractivity contribution in [1.82, 2.24) is 19.8 Å². The number of aliphatic hydroxyl groups is 1. The summed E-state index contributed by atoms with van der Waals surface area (Å²) in [7, 11) is 0. The van der Waals surface area contributed by atoms with E-state index in [2.05, 4.69) is 27.0 Å². The van der Waals surface area contributed by atoms with Crippen LogP contribution in [0, 0.1) is 5.41 Å². The van der Waals surface area contributed by atoms with Crippen LogP contribution >= 0.6 is 0 Å². The van der Waals surface area contributed by atoms with Gasteiger partial charge in [0.05, 0.1) is 17.2 Å². The lowest BCUT2D eigenvalue weighted by molar-refractivity contribution is -0.0337. The van der Waals surface area contributed by atoms with E-state index in [-0.39, 0.29) is 11.3 Å². The molecule has 2 saturated heterocycles. The largest absolute Gasteiger partial charge is 0.391 e. The number of nitrogens with zero attached hydrogens (tertiary/aromatic N) is 4. The van der Waals surface area contributed by atoms with Gasteiger partial charge in [0.2, 0.25) is 0 Å². The highest BCUT2D eigenvalue weighted by atomic mass is 16.3. The number of carbonyl (C=O) groups excluding carboxylic acids is 1. The molecule has 6 nitrogen and oxygen atoms in total. The van der Waals surface area contributed by atoms with E-state index in [0.717, 1.165) is 44.4 Å². The Labute approximate surface area is 182 Å². The summed E-state index contributed by atoms with van der Waals surface area (Å²) in [4.78, 5) is 25.9. The molecule has 0 aliphatic carbocycles. The van der Waals surface area contributed by atoms with Crippen LogP contribution in [0.2, 0.25) is 0 Å². The van der Waals surface area contributed by atoms with Crippen LogP contribution in [0.25, 0.3) is 10.9 Å². The molecule has 1 N–H and O–H groups in total. The van der Waals surface area contributed by atoms with Crippen LogP contribution in [-0.2, 0) is 6.54 Å². The molecule has 1 spiro atoms. The van der Waals surface area contributed by atoms with Gasteiger partial charge in [-0.3, -0.25) is 19.7 Å². The number of para-hydroxylation sites is 1. The molecule has 5 rings (SSSR count). The molecule has 2 aliphatic heterocycles. The van der Waals surface area contributed by atoms with Crippen LogP contribution in [0.15, 0.2) is 61.1 Å². The summed E-state index contributed by atoms with van der Waals surface area (Å²) in [5, 5.41) is 11.7. The van der Waals surface area contributed by atoms with E-state index in [9.17, 15) is 9.90 Å². The average molecular weight is 417 g/mol. The molecule has 2 fully saturated rings. The van der Waals surface area contributed by atoms with Gasteiger partial charge in [0.15, 0.2) is 0 Å². The molecule has 1 aromatic carbocycles. The van der Waals surface area contributed by atoms with E-state index in [4.69, 9.17) is 0 Å². The Morgan fingerprint density at radius 3 is 2.77 bits per heavy atom. The normalized spacial score (nSPS) is 21.5. The van der Waals surface area contributed by atoms with Gasteiger partial charge in [-0.1, -0.05) is 18.2 Å². The summed E-state index contributed by atoms with van der Waals surface area (Å²) in [6.07, 6.45) is 7.54. The van der Waals surface area contributed by atoms with Crippen molar-refractivity contribution in [3.63, 3.8) is 0 Å². The minimum atomic E-state index is -0.467. The van der Waals surface area contributed by atoms with Gasteiger partial charge >= 0.3 is 0 Å². The molecule has 1 atom stereocenters. The number of fused-ring (bicyclic) bond motifs is 1. The Bertz CT molecular complexity index is 1060. The van der Waals surface area contributed by atoms with E-state index in [1.807, 2.05) is 29.3 Å². The molecule has 2 aliphatic rings. The lowest BCUT2D eigenvalue weighted by atomic mass is 9.71. The van der Waals surface area contributed by atoms with Crippen LogP contribution in [0.4, 0.5) is 0 Å². The zero-order chi connectivity index (χ0) is 21.3. The Hall–Kier alpha value is -2.83. The summed E-state index contributed by atoms with van der Waals surface area (Å²) >= 11 is 0. The van der Waals surface area contributed by atoms with Gasteiger partial charge in [-0.05, 0) is 67.6 Å². The number of aliphatic hydroxyl groups excluding tert-OH is 1. The number of hydrogen-bond acceptors (Lipinski definition) is 5. The topological polar surface area (TPSA) is 69.6 Å². The molecule has 1 amide bonds. The van der Waals surface area contributed by atoms with Gasteiger partial charge in [-0.25, -0.2) is 0 Å². The zero-order valence-electron chi connectivity index (χ0n) is 17.7.